The van der Waals surface area contributed by atoms with Crippen LogP contribution in [0, 0.1) is 5.92 Å². The van der Waals surface area contributed by atoms with Gasteiger partial charge in [-0.25, -0.2) is 0 Å². The summed E-state index contributed by atoms with van der Waals surface area (Å²) in [6.07, 6.45) is 3.47. The molecule has 2 aromatic heterocycles. The molecular formula is C19H17N3O4. The lowest BCUT2D eigenvalue weighted by Gasteiger charge is -2.06. The quantitative estimate of drug-likeness (QED) is 0.711. The van der Waals surface area contributed by atoms with Crippen LogP contribution in [0.15, 0.2) is 57.7 Å². The fraction of sp³-hybridized carbons (Fsp3) is 0.211. The fourth-order valence-electron chi connectivity index (χ4n) is 2.49. The molecule has 7 nitrogen and oxygen atoms in total. The number of furan rings is 1. The Morgan fingerprint density at radius 1 is 1.12 bits per heavy atom. The number of hydrogen-bond donors (Lipinski definition) is 2. The summed E-state index contributed by atoms with van der Waals surface area (Å²) in [5.74, 6) is 0.820. The topological polar surface area (TPSA) is 97.4 Å². The van der Waals surface area contributed by atoms with Gasteiger partial charge >= 0.3 is 0 Å². The van der Waals surface area contributed by atoms with Crippen molar-refractivity contribution < 1.29 is 18.5 Å². The van der Waals surface area contributed by atoms with Crippen molar-refractivity contribution in [2.75, 3.05) is 5.32 Å². The summed E-state index contributed by atoms with van der Waals surface area (Å²) in [5.41, 5.74) is 1.86. The molecule has 1 fully saturated rings. The predicted octanol–water partition coefficient (Wildman–Crippen LogP) is 3.21. The summed E-state index contributed by atoms with van der Waals surface area (Å²) >= 11 is 0. The monoisotopic (exact) mass is 351 g/mol. The minimum absolute atomic E-state index is 0.0736. The Balaban J connectivity index is 1.32. The van der Waals surface area contributed by atoms with E-state index in [0.29, 0.717) is 18.1 Å². The van der Waals surface area contributed by atoms with E-state index in [4.69, 9.17) is 8.94 Å². The van der Waals surface area contributed by atoms with E-state index in [0.717, 1.165) is 24.1 Å². The molecule has 0 spiro atoms. The van der Waals surface area contributed by atoms with Gasteiger partial charge in [-0.15, -0.1) is 0 Å². The molecule has 4 rings (SSSR count). The van der Waals surface area contributed by atoms with Crippen LogP contribution in [0.5, 0.6) is 0 Å². The Morgan fingerprint density at radius 2 is 1.92 bits per heavy atom. The molecule has 1 aliphatic carbocycles. The smallest absolute Gasteiger partial charge is 0.273 e. The number of nitrogens with one attached hydrogen (secondary N) is 2. The molecule has 7 heteroatoms. The number of carbonyl (C=O) groups is 2. The van der Waals surface area contributed by atoms with Crippen LogP contribution in [-0.2, 0) is 11.3 Å². The lowest BCUT2D eigenvalue weighted by atomic mass is 10.2. The van der Waals surface area contributed by atoms with Crippen molar-refractivity contribution in [1.29, 1.82) is 0 Å². The van der Waals surface area contributed by atoms with Gasteiger partial charge in [0, 0.05) is 24.2 Å². The number of anilines is 1. The molecule has 26 heavy (non-hydrogen) atoms. The molecule has 3 aromatic rings. The van der Waals surface area contributed by atoms with E-state index in [1.54, 1.807) is 12.1 Å². The minimum atomic E-state index is -0.335. The first-order valence-electron chi connectivity index (χ1n) is 8.37. The summed E-state index contributed by atoms with van der Waals surface area (Å²) < 4.78 is 10.3. The minimum Gasteiger partial charge on any atom is -0.461 e. The zero-order valence-electron chi connectivity index (χ0n) is 13.9. The Kier molecular flexibility index (Phi) is 4.27. The van der Waals surface area contributed by atoms with Crippen molar-refractivity contribution in [3.8, 4) is 11.5 Å². The lowest BCUT2D eigenvalue weighted by molar-refractivity contribution is -0.117. The van der Waals surface area contributed by atoms with Crippen LogP contribution >= 0.6 is 0 Å². The maximum absolute atomic E-state index is 12.2. The van der Waals surface area contributed by atoms with Crippen molar-refractivity contribution >= 4 is 17.5 Å². The van der Waals surface area contributed by atoms with Gasteiger partial charge in [0.15, 0.2) is 11.5 Å². The van der Waals surface area contributed by atoms with Crippen molar-refractivity contribution in [3.63, 3.8) is 0 Å². The molecule has 132 valence electrons. The second-order valence-corrected chi connectivity index (χ2v) is 6.20. The maximum Gasteiger partial charge on any atom is 0.273 e. The molecule has 1 aliphatic rings. The van der Waals surface area contributed by atoms with Crippen LogP contribution in [0.1, 0.15) is 28.9 Å². The fourth-order valence-corrected chi connectivity index (χ4v) is 2.49. The van der Waals surface area contributed by atoms with Gasteiger partial charge in [-0.2, -0.15) is 0 Å². The Hall–Kier alpha value is -3.35. The van der Waals surface area contributed by atoms with Crippen molar-refractivity contribution in [1.82, 2.24) is 10.5 Å². The van der Waals surface area contributed by atoms with E-state index in [2.05, 4.69) is 15.8 Å². The predicted molar refractivity (Wildman–Crippen MR) is 93.2 cm³/mol. The molecule has 0 unspecified atom stereocenters. The SMILES string of the molecule is O=C(NCc1ccc(NC(=O)C2CC2)cc1)c1cc(-c2ccco2)on1. The number of nitrogens with zero attached hydrogens (tertiary/aromatic N) is 1. The Morgan fingerprint density at radius 3 is 2.62 bits per heavy atom. The van der Waals surface area contributed by atoms with E-state index in [9.17, 15) is 9.59 Å². The van der Waals surface area contributed by atoms with Gasteiger partial charge in [0.25, 0.3) is 5.91 Å². The molecule has 1 saturated carbocycles. The normalized spacial score (nSPS) is 13.4. The zero-order valence-corrected chi connectivity index (χ0v) is 13.9. The van der Waals surface area contributed by atoms with Gasteiger partial charge in [-0.05, 0) is 42.7 Å². The average molecular weight is 351 g/mol. The van der Waals surface area contributed by atoms with Gasteiger partial charge in [-0.3, -0.25) is 9.59 Å². The molecule has 1 aromatic carbocycles. The highest BCUT2D eigenvalue weighted by Gasteiger charge is 2.29. The van der Waals surface area contributed by atoms with Gasteiger partial charge in [-0.1, -0.05) is 17.3 Å². The summed E-state index contributed by atoms with van der Waals surface area (Å²) in [6, 6.07) is 12.4. The highest BCUT2D eigenvalue weighted by molar-refractivity contribution is 5.94. The molecule has 0 bridgehead atoms. The molecule has 0 saturated heterocycles. The first-order chi connectivity index (χ1) is 12.7. The number of carbonyl (C=O) groups excluding carboxylic acids is 2. The molecular weight excluding hydrogens is 334 g/mol. The Labute approximate surface area is 149 Å². The van der Waals surface area contributed by atoms with Crippen LogP contribution in [-0.4, -0.2) is 17.0 Å². The summed E-state index contributed by atoms with van der Waals surface area (Å²) in [6.45, 7) is 0.346. The second kappa shape index (κ2) is 6.87. The highest BCUT2D eigenvalue weighted by atomic mass is 16.5. The highest BCUT2D eigenvalue weighted by Crippen LogP contribution is 2.30. The van der Waals surface area contributed by atoms with E-state index in [1.807, 2.05) is 24.3 Å². The summed E-state index contributed by atoms with van der Waals surface area (Å²) in [5, 5.41) is 9.42. The number of hydrogen-bond acceptors (Lipinski definition) is 5. The van der Waals surface area contributed by atoms with E-state index in [1.165, 1.54) is 12.3 Å². The molecule has 0 aliphatic heterocycles. The first kappa shape index (κ1) is 16.1. The number of benzene rings is 1. The standard InChI is InChI=1S/C19H17N3O4/c23-18(13-5-6-13)21-14-7-3-12(4-8-14)11-20-19(24)15-10-17(26-22-15)16-2-1-9-25-16/h1-4,7-10,13H,5-6,11H2,(H,20,24)(H,21,23). The lowest BCUT2D eigenvalue weighted by Crippen LogP contribution is -2.23. The maximum atomic E-state index is 12.2. The number of amides is 2. The van der Waals surface area contributed by atoms with Crippen LogP contribution in [0.2, 0.25) is 0 Å². The van der Waals surface area contributed by atoms with Gasteiger partial charge < -0.3 is 19.6 Å². The summed E-state index contributed by atoms with van der Waals surface area (Å²) in [7, 11) is 0. The van der Waals surface area contributed by atoms with E-state index < -0.39 is 0 Å². The van der Waals surface area contributed by atoms with Crippen molar-refractivity contribution in [2.45, 2.75) is 19.4 Å². The third-order valence-corrected chi connectivity index (χ3v) is 4.13. The largest absolute Gasteiger partial charge is 0.461 e. The van der Waals surface area contributed by atoms with Crippen molar-refractivity contribution in [2.24, 2.45) is 5.92 Å². The van der Waals surface area contributed by atoms with Gasteiger partial charge in [0.2, 0.25) is 11.7 Å². The number of aromatic nitrogens is 1. The number of rotatable bonds is 6. The molecule has 2 amide bonds. The first-order valence-corrected chi connectivity index (χ1v) is 8.37. The second-order valence-electron chi connectivity index (χ2n) is 6.20. The molecule has 2 heterocycles. The van der Waals surface area contributed by atoms with E-state index in [-0.39, 0.29) is 23.4 Å². The molecule has 0 radical (unpaired) electrons. The molecule has 2 N–H and O–H groups in total. The third kappa shape index (κ3) is 3.66. The van der Waals surface area contributed by atoms with Crippen LogP contribution in [0.4, 0.5) is 5.69 Å². The van der Waals surface area contributed by atoms with Gasteiger partial charge in [0.05, 0.1) is 6.26 Å². The average Bonchev–Trinajstić information content (AvgIpc) is 3.16. The third-order valence-electron chi connectivity index (χ3n) is 4.13. The van der Waals surface area contributed by atoms with Crippen molar-refractivity contribution in [3.05, 3.63) is 60.0 Å². The Bertz CT molecular complexity index is 909. The van der Waals surface area contributed by atoms with Crippen LogP contribution in [0.25, 0.3) is 11.5 Å². The zero-order chi connectivity index (χ0) is 17.9. The van der Waals surface area contributed by atoms with Crippen LogP contribution in [0.3, 0.4) is 0 Å². The summed E-state index contributed by atoms with van der Waals surface area (Å²) in [4.78, 5) is 23.9. The van der Waals surface area contributed by atoms with E-state index >= 15 is 0 Å². The van der Waals surface area contributed by atoms with Gasteiger partial charge in [0.1, 0.15) is 0 Å². The van der Waals surface area contributed by atoms with Crippen LogP contribution < -0.4 is 10.6 Å². The molecule has 0 atom stereocenters.